The molecule has 0 saturated carbocycles. The standard InChI is InChI=1S/C60H59FN2O6S2/c1-6-42-9-7-8-10-48(42)55(65)59-57(68-45-16-11-40(12-17-45)24-27-62-26-23-36(2)33-62)50-22-20-47(32-53(50)71-59)67-51-35-63(34-39(51)5)28-25-41-13-18-46(19-14-41)69-58-49-21-15-44(64)31-52(49)70-60(58)56(66)54-37(3)29-43(61)30-38(54)4/h7-22,29-32,36,39,51,64H,6,23-28,33-35H2,1-5H3/t36-,39+,51?/m0/s1. The fourth-order valence-corrected chi connectivity index (χ4v) is 12.5. The van der Waals surface area contributed by atoms with Crippen LogP contribution in [0.1, 0.15) is 85.5 Å². The lowest BCUT2D eigenvalue weighted by Crippen LogP contribution is -2.27. The van der Waals surface area contributed by atoms with E-state index in [1.54, 1.807) is 32.0 Å². The molecule has 0 radical (unpaired) electrons. The normalized spacial score (nSPS) is 17.4. The molecule has 0 bridgehead atoms. The Morgan fingerprint density at radius 2 is 1.25 bits per heavy atom. The first-order chi connectivity index (χ1) is 34.4. The van der Waals surface area contributed by atoms with Gasteiger partial charge in [-0.15, -0.1) is 22.7 Å². The number of aryl methyl sites for hydroxylation is 3. The molecule has 8 nitrogen and oxygen atoms in total. The number of rotatable bonds is 17. The van der Waals surface area contributed by atoms with Crippen molar-refractivity contribution in [2.75, 3.05) is 39.3 Å². The highest BCUT2D eigenvalue weighted by atomic mass is 32.1. The third-order valence-electron chi connectivity index (χ3n) is 14.2. The molecular weight excluding hydrogens is 928 g/mol. The number of nitrogens with zero attached hydrogens (tertiary/aromatic N) is 2. The molecule has 364 valence electrons. The van der Waals surface area contributed by atoms with Crippen LogP contribution in [0.4, 0.5) is 4.39 Å². The Labute approximate surface area is 423 Å². The van der Waals surface area contributed by atoms with E-state index in [-0.39, 0.29) is 29.2 Å². The van der Waals surface area contributed by atoms with Crippen molar-refractivity contribution >= 4 is 54.4 Å². The first-order valence-electron chi connectivity index (χ1n) is 24.8. The van der Waals surface area contributed by atoms with Gasteiger partial charge in [-0.3, -0.25) is 14.5 Å². The van der Waals surface area contributed by atoms with Gasteiger partial charge in [0.1, 0.15) is 44.7 Å². The summed E-state index contributed by atoms with van der Waals surface area (Å²) < 4.78 is 35.7. The van der Waals surface area contributed by atoms with Gasteiger partial charge in [0.15, 0.2) is 11.5 Å². The van der Waals surface area contributed by atoms with Gasteiger partial charge >= 0.3 is 0 Å². The number of ketones is 2. The molecule has 8 aromatic rings. The van der Waals surface area contributed by atoms with Crippen molar-refractivity contribution in [3.63, 3.8) is 0 Å². The van der Waals surface area contributed by atoms with E-state index >= 15 is 0 Å². The Hall–Kier alpha value is -6.37. The summed E-state index contributed by atoms with van der Waals surface area (Å²) in [6.07, 6.45) is 3.84. The van der Waals surface area contributed by atoms with E-state index in [4.69, 9.17) is 14.2 Å². The predicted molar refractivity (Wildman–Crippen MR) is 285 cm³/mol. The van der Waals surface area contributed by atoms with Gasteiger partial charge in [0.05, 0.1) is 0 Å². The van der Waals surface area contributed by atoms with Crippen molar-refractivity contribution in [2.45, 2.75) is 66.4 Å². The van der Waals surface area contributed by atoms with Crippen molar-refractivity contribution in [3.05, 3.63) is 176 Å². The fraction of sp³-hybridized carbons (Fsp3) is 0.300. The molecule has 0 aliphatic carbocycles. The molecule has 4 heterocycles. The number of hydrogen-bond acceptors (Lipinski definition) is 10. The fourth-order valence-electron chi connectivity index (χ4n) is 10.3. The Bertz CT molecular complexity index is 3230. The van der Waals surface area contributed by atoms with Crippen LogP contribution in [0.2, 0.25) is 0 Å². The second-order valence-electron chi connectivity index (χ2n) is 19.5. The van der Waals surface area contributed by atoms with E-state index in [2.05, 4.69) is 60.9 Å². The topological polar surface area (TPSA) is 88.5 Å². The minimum atomic E-state index is -0.385. The molecule has 0 spiro atoms. The molecule has 3 atom stereocenters. The third-order valence-corrected chi connectivity index (χ3v) is 16.4. The lowest BCUT2D eigenvalue weighted by atomic mass is 9.97. The molecule has 11 heteroatoms. The average molecular weight is 987 g/mol. The first kappa shape index (κ1) is 48.3. The number of phenolic OH excluding ortho intramolecular Hbond substituents is 1. The van der Waals surface area contributed by atoms with Crippen LogP contribution in [0, 0.1) is 31.5 Å². The molecule has 1 unspecified atom stereocenters. The van der Waals surface area contributed by atoms with Crippen LogP contribution in [-0.4, -0.2) is 71.8 Å². The number of carbonyl (C=O) groups is 2. The molecule has 2 aromatic heterocycles. The van der Waals surface area contributed by atoms with E-state index < -0.39 is 0 Å². The zero-order chi connectivity index (χ0) is 49.3. The smallest absolute Gasteiger partial charge is 0.207 e. The SMILES string of the molecule is CCc1ccccc1C(=O)c1sc2cc(OC3CN(CCc4ccc(Oc5c(C(=O)c6c(C)cc(F)cc6C)sc6cc(O)ccc56)cc4)C[C@H]3C)ccc2c1Oc1ccc(CCN2CC[C@H](C)C2)cc1. The van der Waals surface area contributed by atoms with Gasteiger partial charge in [0, 0.05) is 69.9 Å². The minimum Gasteiger partial charge on any atom is -0.508 e. The van der Waals surface area contributed by atoms with E-state index in [0.29, 0.717) is 60.9 Å². The molecule has 0 amide bonds. The molecule has 2 aliphatic rings. The summed E-state index contributed by atoms with van der Waals surface area (Å²) in [5.41, 5.74) is 5.69. The van der Waals surface area contributed by atoms with Gasteiger partial charge in [-0.05, 0) is 153 Å². The number of halogens is 1. The number of hydrogen-bond donors (Lipinski definition) is 1. The number of benzene rings is 6. The average Bonchev–Trinajstić information content (AvgIpc) is 4.14. The van der Waals surface area contributed by atoms with Gasteiger partial charge in [0.2, 0.25) is 11.6 Å². The summed E-state index contributed by atoms with van der Waals surface area (Å²) in [7, 11) is 0. The van der Waals surface area contributed by atoms with Crippen LogP contribution < -0.4 is 14.2 Å². The molecule has 2 aliphatic heterocycles. The van der Waals surface area contributed by atoms with Crippen molar-refractivity contribution in [1.82, 2.24) is 9.80 Å². The maximum absolute atomic E-state index is 14.4. The van der Waals surface area contributed by atoms with Gasteiger partial charge in [-0.25, -0.2) is 4.39 Å². The van der Waals surface area contributed by atoms with Crippen LogP contribution in [0.3, 0.4) is 0 Å². The monoisotopic (exact) mass is 986 g/mol. The van der Waals surface area contributed by atoms with Crippen LogP contribution in [0.25, 0.3) is 20.2 Å². The molecule has 10 rings (SSSR count). The maximum atomic E-state index is 14.4. The Morgan fingerprint density at radius 1 is 0.676 bits per heavy atom. The summed E-state index contributed by atoms with van der Waals surface area (Å²) >= 11 is 2.71. The summed E-state index contributed by atoms with van der Waals surface area (Å²) in [5.74, 6) is 3.56. The highest BCUT2D eigenvalue weighted by molar-refractivity contribution is 7.22. The quantitative estimate of drug-likeness (QED) is 0.0903. The molecular formula is C60H59FN2O6S2. The zero-order valence-corrected chi connectivity index (χ0v) is 42.6. The van der Waals surface area contributed by atoms with Gasteiger partial charge in [0.25, 0.3) is 0 Å². The molecule has 2 fully saturated rings. The Kier molecular flexibility index (Phi) is 14.1. The van der Waals surface area contributed by atoms with Gasteiger partial charge in [-0.2, -0.15) is 0 Å². The number of fused-ring (bicyclic) bond motifs is 2. The van der Waals surface area contributed by atoms with Crippen molar-refractivity contribution in [1.29, 1.82) is 0 Å². The summed E-state index contributed by atoms with van der Waals surface area (Å²) in [6.45, 7) is 16.1. The van der Waals surface area contributed by atoms with Crippen molar-refractivity contribution < 1.29 is 33.3 Å². The second kappa shape index (κ2) is 20.8. The lowest BCUT2D eigenvalue weighted by molar-refractivity contribution is 0.103. The maximum Gasteiger partial charge on any atom is 0.207 e. The zero-order valence-electron chi connectivity index (χ0n) is 40.9. The summed E-state index contributed by atoms with van der Waals surface area (Å²) in [5, 5.41) is 11.8. The third kappa shape index (κ3) is 10.5. The minimum absolute atomic E-state index is 0.00874. The summed E-state index contributed by atoms with van der Waals surface area (Å²) in [6, 6.07) is 37.9. The van der Waals surface area contributed by atoms with Crippen molar-refractivity contribution in [3.8, 4) is 34.5 Å². The Balaban J connectivity index is 0.807. The van der Waals surface area contributed by atoms with E-state index in [0.717, 1.165) is 88.4 Å². The van der Waals surface area contributed by atoms with Gasteiger partial charge < -0.3 is 24.2 Å². The number of carbonyl (C=O) groups excluding carboxylic acids is 2. The second-order valence-corrected chi connectivity index (χ2v) is 21.6. The van der Waals surface area contributed by atoms with Crippen LogP contribution in [-0.2, 0) is 19.3 Å². The molecule has 2 saturated heterocycles. The highest BCUT2D eigenvalue weighted by Crippen LogP contribution is 2.45. The largest absolute Gasteiger partial charge is 0.508 e. The lowest BCUT2D eigenvalue weighted by Gasteiger charge is -2.18. The molecule has 71 heavy (non-hydrogen) atoms. The van der Waals surface area contributed by atoms with Crippen LogP contribution in [0.5, 0.6) is 34.5 Å². The number of likely N-dealkylation sites (tertiary alicyclic amines) is 2. The number of phenols is 1. The molecule has 6 aromatic carbocycles. The molecule has 1 N–H and O–H groups in total. The predicted octanol–water partition coefficient (Wildman–Crippen LogP) is 14.0. The number of thiophene rings is 2. The van der Waals surface area contributed by atoms with Crippen LogP contribution >= 0.6 is 22.7 Å². The van der Waals surface area contributed by atoms with E-state index in [1.165, 1.54) is 59.9 Å². The van der Waals surface area contributed by atoms with E-state index in [9.17, 15) is 19.1 Å². The Morgan fingerprint density at radius 3 is 1.87 bits per heavy atom. The van der Waals surface area contributed by atoms with Crippen molar-refractivity contribution in [2.24, 2.45) is 11.8 Å². The van der Waals surface area contributed by atoms with Gasteiger partial charge in [-0.1, -0.05) is 69.3 Å². The number of ether oxygens (including phenoxy) is 3. The first-order valence-corrected chi connectivity index (χ1v) is 26.4. The highest BCUT2D eigenvalue weighted by Gasteiger charge is 2.32. The van der Waals surface area contributed by atoms with Crippen LogP contribution in [0.15, 0.2) is 121 Å². The summed E-state index contributed by atoms with van der Waals surface area (Å²) in [4.78, 5) is 34.4. The van der Waals surface area contributed by atoms with E-state index in [1.807, 2.05) is 60.7 Å². The number of aromatic hydroxyl groups is 1.